The Kier molecular flexibility index (Phi) is 8.56. The average molecular weight is 415 g/mol. The van der Waals surface area contributed by atoms with Crippen LogP contribution in [0.5, 0.6) is 5.75 Å². The van der Waals surface area contributed by atoms with Crippen LogP contribution in [0.15, 0.2) is 35.9 Å². The lowest BCUT2D eigenvalue weighted by Crippen LogP contribution is -2.49. The number of ether oxygens (including phenoxy) is 1. The smallest absolute Gasteiger partial charge is 0.309 e. The molecule has 7 nitrogen and oxygen atoms in total. The molecule has 2 amide bonds. The normalized spacial score (nSPS) is 17.2. The number of amides is 2. The van der Waals surface area contributed by atoms with Crippen molar-refractivity contribution in [2.75, 3.05) is 57.8 Å². The van der Waals surface area contributed by atoms with Crippen LogP contribution in [-0.2, 0) is 9.59 Å². The first-order valence-corrected chi connectivity index (χ1v) is 11.0. The summed E-state index contributed by atoms with van der Waals surface area (Å²) in [4.78, 5) is 28.6. The summed E-state index contributed by atoms with van der Waals surface area (Å²) in [5, 5.41) is 5.47. The molecule has 0 unspecified atom stereocenters. The number of carbonyl (C=O) groups is 2. The summed E-state index contributed by atoms with van der Waals surface area (Å²) in [5.74, 6) is -0.184. The number of nitrogens with one attached hydrogen (secondary N) is 2. The van der Waals surface area contributed by atoms with Gasteiger partial charge in [0.25, 0.3) is 0 Å². The SMILES string of the molecule is COc1ccccc1N1CCN(CCNC(=O)C(=O)NCCC2=CCCCC2)CC1. The molecule has 2 N–H and O–H groups in total. The van der Waals surface area contributed by atoms with Gasteiger partial charge in [-0.1, -0.05) is 23.8 Å². The Morgan fingerprint density at radius 2 is 1.73 bits per heavy atom. The van der Waals surface area contributed by atoms with Gasteiger partial charge in [0.15, 0.2) is 0 Å². The van der Waals surface area contributed by atoms with E-state index in [0.717, 1.165) is 63.4 Å². The van der Waals surface area contributed by atoms with Gasteiger partial charge in [0, 0.05) is 45.8 Å². The van der Waals surface area contributed by atoms with E-state index < -0.39 is 11.8 Å². The van der Waals surface area contributed by atoms with Crippen molar-refractivity contribution in [2.45, 2.75) is 32.1 Å². The zero-order chi connectivity index (χ0) is 21.2. The summed E-state index contributed by atoms with van der Waals surface area (Å²) in [6.07, 6.45) is 7.85. The predicted octanol–water partition coefficient (Wildman–Crippen LogP) is 1.94. The van der Waals surface area contributed by atoms with Crippen molar-refractivity contribution in [3.05, 3.63) is 35.9 Å². The van der Waals surface area contributed by atoms with E-state index in [1.807, 2.05) is 18.2 Å². The van der Waals surface area contributed by atoms with Crippen LogP contribution in [0.2, 0.25) is 0 Å². The summed E-state index contributed by atoms with van der Waals surface area (Å²) in [6, 6.07) is 8.06. The van der Waals surface area contributed by atoms with Gasteiger partial charge in [0.2, 0.25) is 0 Å². The molecule has 2 aliphatic rings. The van der Waals surface area contributed by atoms with E-state index in [-0.39, 0.29) is 0 Å². The number of nitrogens with zero attached hydrogens (tertiary/aromatic N) is 2. The Hall–Kier alpha value is -2.54. The Balaban J connectivity index is 1.30. The number of anilines is 1. The first kappa shape index (κ1) is 22.2. The Bertz CT molecular complexity index is 742. The van der Waals surface area contributed by atoms with Crippen LogP contribution in [0, 0.1) is 0 Å². The second kappa shape index (κ2) is 11.6. The highest BCUT2D eigenvalue weighted by Crippen LogP contribution is 2.28. The first-order chi connectivity index (χ1) is 14.7. The third-order valence-electron chi connectivity index (χ3n) is 5.83. The van der Waals surface area contributed by atoms with Crippen LogP contribution in [0.25, 0.3) is 0 Å². The van der Waals surface area contributed by atoms with Crippen molar-refractivity contribution < 1.29 is 14.3 Å². The number of benzene rings is 1. The summed E-state index contributed by atoms with van der Waals surface area (Å²) >= 11 is 0. The molecule has 0 atom stereocenters. The molecule has 0 spiro atoms. The highest BCUT2D eigenvalue weighted by atomic mass is 16.5. The Morgan fingerprint density at radius 3 is 2.43 bits per heavy atom. The van der Waals surface area contributed by atoms with E-state index in [0.29, 0.717) is 13.1 Å². The predicted molar refractivity (Wildman–Crippen MR) is 119 cm³/mol. The van der Waals surface area contributed by atoms with Crippen molar-refractivity contribution in [3.8, 4) is 5.75 Å². The van der Waals surface area contributed by atoms with Gasteiger partial charge < -0.3 is 20.3 Å². The minimum absolute atomic E-state index is 0.478. The highest BCUT2D eigenvalue weighted by Gasteiger charge is 2.20. The lowest BCUT2D eigenvalue weighted by molar-refractivity contribution is -0.139. The largest absolute Gasteiger partial charge is 0.495 e. The Labute approximate surface area is 179 Å². The van der Waals surface area contributed by atoms with Crippen LogP contribution in [0.1, 0.15) is 32.1 Å². The van der Waals surface area contributed by atoms with E-state index in [1.165, 1.54) is 18.4 Å². The second-order valence-corrected chi connectivity index (χ2v) is 7.87. The molecule has 1 aromatic carbocycles. The van der Waals surface area contributed by atoms with Crippen molar-refractivity contribution in [1.82, 2.24) is 15.5 Å². The molecule has 1 fully saturated rings. The van der Waals surface area contributed by atoms with E-state index in [2.05, 4.69) is 32.6 Å². The first-order valence-electron chi connectivity index (χ1n) is 11.0. The molecule has 0 aromatic heterocycles. The number of para-hydroxylation sites is 2. The molecule has 1 aliphatic carbocycles. The topological polar surface area (TPSA) is 73.9 Å². The highest BCUT2D eigenvalue weighted by molar-refractivity contribution is 6.35. The number of carbonyl (C=O) groups excluding carboxylic acids is 2. The molecule has 164 valence electrons. The van der Waals surface area contributed by atoms with Crippen molar-refractivity contribution >= 4 is 17.5 Å². The second-order valence-electron chi connectivity index (χ2n) is 7.87. The minimum atomic E-state index is -0.541. The van der Waals surface area contributed by atoms with Crippen LogP contribution < -0.4 is 20.3 Å². The fraction of sp³-hybridized carbons (Fsp3) is 0.565. The van der Waals surface area contributed by atoms with Crippen LogP contribution in [0.4, 0.5) is 5.69 Å². The van der Waals surface area contributed by atoms with E-state index in [1.54, 1.807) is 7.11 Å². The fourth-order valence-corrected chi connectivity index (χ4v) is 4.06. The summed E-state index contributed by atoms with van der Waals surface area (Å²) in [5.41, 5.74) is 2.52. The zero-order valence-electron chi connectivity index (χ0n) is 18.0. The number of rotatable bonds is 8. The summed E-state index contributed by atoms with van der Waals surface area (Å²) in [7, 11) is 1.70. The lowest BCUT2D eigenvalue weighted by atomic mass is 9.97. The van der Waals surface area contributed by atoms with Crippen molar-refractivity contribution in [2.24, 2.45) is 0 Å². The minimum Gasteiger partial charge on any atom is -0.495 e. The molecule has 30 heavy (non-hydrogen) atoms. The van der Waals surface area contributed by atoms with Crippen LogP contribution in [-0.4, -0.2) is 69.6 Å². The van der Waals surface area contributed by atoms with E-state index in [9.17, 15) is 9.59 Å². The van der Waals surface area contributed by atoms with Gasteiger partial charge in [-0.3, -0.25) is 14.5 Å². The molecule has 1 aromatic rings. The number of hydrogen-bond acceptors (Lipinski definition) is 5. The molecule has 1 heterocycles. The number of allylic oxidation sites excluding steroid dienone is 1. The molecule has 0 bridgehead atoms. The summed E-state index contributed by atoms with van der Waals surface area (Å²) in [6.45, 7) is 5.39. The third-order valence-corrected chi connectivity index (χ3v) is 5.83. The Morgan fingerprint density at radius 1 is 1.00 bits per heavy atom. The van der Waals surface area contributed by atoms with Gasteiger partial charge in [0.1, 0.15) is 5.75 Å². The molecule has 1 aliphatic heterocycles. The average Bonchev–Trinajstić information content (AvgIpc) is 2.80. The number of methoxy groups -OCH3 is 1. The lowest BCUT2D eigenvalue weighted by Gasteiger charge is -2.36. The van der Waals surface area contributed by atoms with Crippen molar-refractivity contribution in [1.29, 1.82) is 0 Å². The number of piperazine rings is 1. The maximum absolute atomic E-state index is 12.0. The fourth-order valence-electron chi connectivity index (χ4n) is 4.06. The monoisotopic (exact) mass is 414 g/mol. The van der Waals surface area contributed by atoms with Gasteiger partial charge >= 0.3 is 11.8 Å². The molecular formula is C23H34N4O3. The third kappa shape index (κ3) is 6.49. The van der Waals surface area contributed by atoms with Crippen molar-refractivity contribution in [3.63, 3.8) is 0 Å². The van der Waals surface area contributed by atoms with Crippen LogP contribution in [0.3, 0.4) is 0 Å². The molecule has 1 saturated heterocycles. The molecule has 0 saturated carbocycles. The standard InChI is InChI=1S/C23H34N4O3/c1-30-21-10-6-5-9-20(21)27-17-15-26(16-18-27)14-13-25-23(29)22(28)24-12-11-19-7-3-2-4-8-19/h5-7,9-10H,2-4,8,11-18H2,1H3,(H,24,28)(H,25,29). The zero-order valence-corrected chi connectivity index (χ0v) is 18.0. The maximum atomic E-state index is 12.0. The number of hydrogen-bond donors (Lipinski definition) is 2. The van der Waals surface area contributed by atoms with Gasteiger partial charge in [-0.15, -0.1) is 0 Å². The maximum Gasteiger partial charge on any atom is 0.309 e. The van der Waals surface area contributed by atoms with E-state index >= 15 is 0 Å². The quantitative estimate of drug-likeness (QED) is 0.502. The molecular weight excluding hydrogens is 380 g/mol. The van der Waals surface area contributed by atoms with E-state index in [4.69, 9.17) is 4.74 Å². The van der Waals surface area contributed by atoms with Gasteiger partial charge in [-0.25, -0.2) is 0 Å². The summed E-state index contributed by atoms with van der Waals surface area (Å²) < 4.78 is 5.46. The van der Waals surface area contributed by atoms with Gasteiger partial charge in [0.05, 0.1) is 12.8 Å². The van der Waals surface area contributed by atoms with Gasteiger partial charge in [-0.2, -0.15) is 0 Å². The van der Waals surface area contributed by atoms with Gasteiger partial charge in [-0.05, 0) is 44.2 Å². The molecule has 7 heteroatoms. The molecule has 3 rings (SSSR count). The molecule has 0 radical (unpaired) electrons. The van der Waals surface area contributed by atoms with Crippen LogP contribution >= 0.6 is 0 Å².